The first-order chi connectivity index (χ1) is 9.34. The number of rotatable bonds is 4. The second kappa shape index (κ2) is 5.62. The van der Waals surface area contributed by atoms with Crippen molar-refractivity contribution in [2.24, 2.45) is 0 Å². The summed E-state index contributed by atoms with van der Waals surface area (Å²) >= 11 is 1.50. The molecule has 0 radical (unpaired) electrons. The number of nitrogens with zero attached hydrogens (tertiary/aromatic N) is 3. The highest BCUT2D eigenvalue weighted by Crippen LogP contribution is 2.24. The number of nitrogens with two attached hydrogens (primary N) is 1. The molecule has 0 aliphatic rings. The van der Waals surface area contributed by atoms with E-state index in [1.54, 1.807) is 6.20 Å². The van der Waals surface area contributed by atoms with Gasteiger partial charge in [-0.25, -0.2) is 4.98 Å². The summed E-state index contributed by atoms with van der Waals surface area (Å²) in [6, 6.07) is 0. The number of esters is 1. The van der Waals surface area contributed by atoms with E-state index in [1.807, 2.05) is 5.38 Å². The van der Waals surface area contributed by atoms with Crippen LogP contribution < -0.4 is 5.73 Å². The molecule has 0 atom stereocenters. The van der Waals surface area contributed by atoms with Gasteiger partial charge in [0.05, 0.1) is 17.6 Å². The van der Waals surface area contributed by atoms with Gasteiger partial charge in [-0.1, -0.05) is 20.8 Å². The van der Waals surface area contributed by atoms with Crippen LogP contribution in [0.25, 0.3) is 0 Å². The lowest BCUT2D eigenvalue weighted by molar-refractivity contribution is -0.145. The van der Waals surface area contributed by atoms with Crippen LogP contribution in [0, 0.1) is 0 Å². The molecule has 108 valence electrons. The van der Waals surface area contributed by atoms with Crippen LogP contribution in [0.3, 0.4) is 0 Å². The van der Waals surface area contributed by atoms with Gasteiger partial charge in [0, 0.05) is 17.0 Å². The fraction of sp³-hybridized carbons (Fsp3) is 0.462. The Bertz CT molecular complexity index is 598. The molecule has 0 saturated carbocycles. The molecule has 6 nitrogen and oxygen atoms in total. The van der Waals surface area contributed by atoms with Gasteiger partial charge in [0.1, 0.15) is 18.2 Å². The van der Waals surface area contributed by atoms with Crippen molar-refractivity contribution >= 4 is 23.0 Å². The van der Waals surface area contributed by atoms with E-state index < -0.39 is 0 Å². The van der Waals surface area contributed by atoms with Crippen molar-refractivity contribution in [1.82, 2.24) is 14.8 Å². The van der Waals surface area contributed by atoms with Crippen molar-refractivity contribution in [2.75, 3.05) is 5.73 Å². The van der Waals surface area contributed by atoms with E-state index in [-0.39, 0.29) is 24.5 Å². The van der Waals surface area contributed by atoms with Gasteiger partial charge < -0.3 is 10.5 Å². The van der Waals surface area contributed by atoms with E-state index in [4.69, 9.17) is 10.5 Å². The van der Waals surface area contributed by atoms with Gasteiger partial charge in [-0.2, -0.15) is 5.10 Å². The molecular formula is C13H18N4O2S. The van der Waals surface area contributed by atoms with E-state index in [9.17, 15) is 4.79 Å². The van der Waals surface area contributed by atoms with Crippen molar-refractivity contribution in [1.29, 1.82) is 0 Å². The molecule has 0 fully saturated rings. The lowest BCUT2D eigenvalue weighted by Gasteiger charge is -2.14. The molecule has 0 saturated heterocycles. The molecule has 2 rings (SSSR count). The normalized spacial score (nSPS) is 11.6. The third-order valence-electron chi connectivity index (χ3n) is 2.62. The van der Waals surface area contributed by atoms with Crippen molar-refractivity contribution in [3.8, 4) is 0 Å². The summed E-state index contributed by atoms with van der Waals surface area (Å²) in [5.41, 5.74) is 7.05. The first kappa shape index (κ1) is 14.5. The Balaban J connectivity index is 1.86. The zero-order chi connectivity index (χ0) is 14.8. The van der Waals surface area contributed by atoms with Gasteiger partial charge in [-0.15, -0.1) is 11.3 Å². The molecule has 2 aromatic rings. The predicted octanol–water partition coefficient (Wildman–Crippen LogP) is 1.96. The summed E-state index contributed by atoms with van der Waals surface area (Å²) in [4.78, 5) is 16.1. The Labute approximate surface area is 121 Å². The molecule has 0 aromatic carbocycles. The van der Waals surface area contributed by atoms with Crippen molar-refractivity contribution < 1.29 is 9.53 Å². The first-order valence-corrected chi connectivity index (χ1v) is 7.11. The number of carbonyl (C=O) groups is 1. The summed E-state index contributed by atoms with van der Waals surface area (Å²) in [6.45, 7) is 6.53. The van der Waals surface area contributed by atoms with Crippen LogP contribution in [-0.2, 0) is 28.1 Å². The Kier molecular flexibility index (Phi) is 4.08. The molecule has 0 amide bonds. The summed E-state index contributed by atoms with van der Waals surface area (Å²) in [5, 5.41) is 6.72. The molecule has 0 aliphatic heterocycles. The largest absolute Gasteiger partial charge is 0.457 e. The lowest BCUT2D eigenvalue weighted by Crippen LogP contribution is -2.14. The van der Waals surface area contributed by atoms with E-state index in [0.717, 1.165) is 10.7 Å². The molecule has 0 bridgehead atoms. The number of hydrogen-bond acceptors (Lipinski definition) is 6. The summed E-state index contributed by atoms with van der Waals surface area (Å²) in [6.07, 6.45) is 3.08. The van der Waals surface area contributed by atoms with Crippen molar-refractivity contribution in [3.05, 3.63) is 28.5 Å². The summed E-state index contributed by atoms with van der Waals surface area (Å²) < 4.78 is 6.62. The van der Waals surface area contributed by atoms with E-state index in [0.29, 0.717) is 5.69 Å². The fourth-order valence-corrected chi connectivity index (χ4v) is 2.44. The van der Waals surface area contributed by atoms with Crippen LogP contribution in [-0.4, -0.2) is 20.7 Å². The Morgan fingerprint density at radius 3 is 2.80 bits per heavy atom. The SMILES string of the molecule is CC(C)(C)c1csc(COC(=O)Cn2cc(N)cn2)n1. The maximum absolute atomic E-state index is 11.7. The molecular weight excluding hydrogens is 276 g/mol. The maximum Gasteiger partial charge on any atom is 0.328 e. The highest BCUT2D eigenvalue weighted by Gasteiger charge is 2.17. The molecule has 7 heteroatoms. The van der Waals surface area contributed by atoms with Crippen LogP contribution in [0.2, 0.25) is 0 Å². The highest BCUT2D eigenvalue weighted by molar-refractivity contribution is 7.09. The number of hydrogen-bond donors (Lipinski definition) is 1. The summed E-state index contributed by atoms with van der Waals surface area (Å²) in [7, 11) is 0. The summed E-state index contributed by atoms with van der Waals surface area (Å²) in [5.74, 6) is -0.361. The van der Waals surface area contributed by atoms with Gasteiger partial charge >= 0.3 is 5.97 Å². The van der Waals surface area contributed by atoms with Crippen LogP contribution in [0.4, 0.5) is 5.69 Å². The number of ether oxygens (including phenoxy) is 1. The standard InChI is InChI=1S/C13H18N4O2S/c1-13(2,3)10-8-20-11(16-10)7-19-12(18)6-17-5-9(14)4-15-17/h4-5,8H,6-7,14H2,1-3H3. The van der Waals surface area contributed by atoms with E-state index in [1.165, 1.54) is 22.2 Å². The van der Waals surface area contributed by atoms with E-state index in [2.05, 4.69) is 30.9 Å². The van der Waals surface area contributed by atoms with E-state index >= 15 is 0 Å². The fourth-order valence-electron chi connectivity index (χ4n) is 1.51. The Morgan fingerprint density at radius 1 is 1.50 bits per heavy atom. The van der Waals surface area contributed by atoms with Gasteiger partial charge in [0.25, 0.3) is 0 Å². The average molecular weight is 294 g/mol. The van der Waals surface area contributed by atoms with Crippen LogP contribution in [0.5, 0.6) is 0 Å². The Hall–Kier alpha value is -1.89. The zero-order valence-electron chi connectivity index (χ0n) is 11.8. The molecule has 20 heavy (non-hydrogen) atoms. The quantitative estimate of drug-likeness (QED) is 0.872. The smallest absolute Gasteiger partial charge is 0.328 e. The average Bonchev–Trinajstić information content (AvgIpc) is 2.95. The van der Waals surface area contributed by atoms with Crippen LogP contribution in [0.1, 0.15) is 31.5 Å². The second-order valence-corrected chi connectivity index (χ2v) is 6.45. The monoisotopic (exact) mass is 294 g/mol. The molecule has 2 heterocycles. The van der Waals surface area contributed by atoms with Crippen molar-refractivity contribution in [3.63, 3.8) is 0 Å². The topological polar surface area (TPSA) is 83.0 Å². The van der Waals surface area contributed by atoms with Gasteiger partial charge in [-0.05, 0) is 0 Å². The molecule has 2 aromatic heterocycles. The number of aromatic nitrogens is 3. The first-order valence-electron chi connectivity index (χ1n) is 6.23. The molecule has 0 aliphatic carbocycles. The third kappa shape index (κ3) is 3.80. The third-order valence-corrected chi connectivity index (χ3v) is 3.44. The minimum Gasteiger partial charge on any atom is -0.457 e. The van der Waals surface area contributed by atoms with Gasteiger partial charge in [0.2, 0.25) is 0 Å². The minimum absolute atomic E-state index is 0.00530. The molecule has 0 spiro atoms. The number of carbonyl (C=O) groups excluding carboxylic acids is 1. The molecule has 0 unspecified atom stereocenters. The Morgan fingerprint density at radius 2 is 2.25 bits per heavy atom. The zero-order valence-corrected chi connectivity index (χ0v) is 12.6. The second-order valence-electron chi connectivity index (χ2n) is 5.51. The molecule has 2 N–H and O–H groups in total. The number of nitrogen functional groups attached to an aromatic ring is 1. The lowest BCUT2D eigenvalue weighted by atomic mass is 9.93. The van der Waals surface area contributed by atoms with Crippen LogP contribution in [0.15, 0.2) is 17.8 Å². The number of thiazole rings is 1. The van der Waals surface area contributed by atoms with Gasteiger partial charge in [0.15, 0.2) is 0 Å². The highest BCUT2D eigenvalue weighted by atomic mass is 32.1. The number of anilines is 1. The maximum atomic E-state index is 11.7. The predicted molar refractivity (Wildman–Crippen MR) is 77.2 cm³/mol. The van der Waals surface area contributed by atoms with Gasteiger partial charge in [-0.3, -0.25) is 9.48 Å². The minimum atomic E-state index is -0.361. The van der Waals surface area contributed by atoms with Crippen LogP contribution >= 0.6 is 11.3 Å². The van der Waals surface area contributed by atoms with Crippen molar-refractivity contribution in [2.45, 2.75) is 39.3 Å².